The van der Waals surface area contributed by atoms with Crippen molar-refractivity contribution in [1.82, 2.24) is 4.98 Å². The van der Waals surface area contributed by atoms with Gasteiger partial charge in [0.15, 0.2) is 0 Å². The van der Waals surface area contributed by atoms with Crippen LogP contribution in [0.3, 0.4) is 0 Å². The first-order valence-electron chi connectivity index (χ1n) is 6.62. The van der Waals surface area contributed by atoms with Gasteiger partial charge in [-0.3, -0.25) is 0 Å². The molecule has 0 N–H and O–H groups in total. The molecule has 0 saturated heterocycles. The number of nitriles is 1. The van der Waals surface area contributed by atoms with E-state index in [-0.39, 0.29) is 5.69 Å². The van der Waals surface area contributed by atoms with E-state index >= 15 is 0 Å². The Morgan fingerprint density at radius 1 is 1.27 bits per heavy atom. The minimum atomic E-state index is -4.37. The predicted molar refractivity (Wildman–Crippen MR) is 72.2 cm³/mol. The van der Waals surface area contributed by atoms with E-state index in [1.807, 2.05) is 13.0 Å². The smallest absolute Gasteiger partial charge is 0.416 e. The maximum absolute atomic E-state index is 12.7. The lowest BCUT2D eigenvalue weighted by Gasteiger charge is -2.11. The van der Waals surface area contributed by atoms with Crippen LogP contribution in [0.5, 0.6) is 5.75 Å². The van der Waals surface area contributed by atoms with Gasteiger partial charge in [-0.1, -0.05) is 0 Å². The molecule has 3 rings (SSSR count). The second-order valence-electron chi connectivity index (χ2n) is 5.20. The number of nitrogens with zero attached hydrogens (tertiary/aromatic N) is 2. The van der Waals surface area contributed by atoms with Gasteiger partial charge in [-0.15, -0.1) is 0 Å². The molecular weight excluding hydrogens is 293 g/mol. The number of hydrogen-bond acceptors (Lipinski definition) is 3. The van der Waals surface area contributed by atoms with E-state index in [1.165, 1.54) is 6.07 Å². The Morgan fingerprint density at radius 2 is 2.05 bits per heavy atom. The van der Waals surface area contributed by atoms with Gasteiger partial charge in [0.2, 0.25) is 0 Å². The van der Waals surface area contributed by atoms with Crippen LogP contribution < -0.4 is 4.74 Å². The first kappa shape index (κ1) is 14.4. The van der Waals surface area contributed by atoms with Gasteiger partial charge >= 0.3 is 6.18 Å². The Morgan fingerprint density at radius 3 is 2.73 bits per heavy atom. The number of aryl methyl sites for hydroxylation is 1. The lowest BCUT2D eigenvalue weighted by atomic mass is 10.0. The average molecular weight is 304 g/mol. The van der Waals surface area contributed by atoms with E-state index in [4.69, 9.17) is 10.00 Å². The van der Waals surface area contributed by atoms with Gasteiger partial charge < -0.3 is 4.74 Å². The quantitative estimate of drug-likeness (QED) is 0.801. The molecule has 2 aromatic rings. The van der Waals surface area contributed by atoms with Crippen molar-refractivity contribution in [3.05, 3.63) is 58.4 Å². The molecule has 1 unspecified atom stereocenters. The van der Waals surface area contributed by atoms with E-state index in [0.29, 0.717) is 23.4 Å². The topological polar surface area (TPSA) is 45.9 Å². The maximum Gasteiger partial charge on any atom is 0.416 e. The molecule has 22 heavy (non-hydrogen) atoms. The molecule has 1 aromatic heterocycles. The molecule has 0 amide bonds. The number of hydrogen-bond donors (Lipinski definition) is 0. The summed E-state index contributed by atoms with van der Waals surface area (Å²) in [6.07, 6.45) is -4.53. The number of fused-ring (bicyclic) bond motifs is 1. The molecule has 0 saturated carbocycles. The second kappa shape index (κ2) is 5.02. The van der Waals surface area contributed by atoms with Crippen molar-refractivity contribution in [2.24, 2.45) is 0 Å². The summed E-state index contributed by atoms with van der Waals surface area (Å²) in [5, 5.41) is 8.95. The number of rotatable bonds is 1. The fourth-order valence-corrected chi connectivity index (χ4v) is 2.51. The number of pyridine rings is 1. The number of halogens is 3. The molecule has 3 nitrogen and oxygen atoms in total. The molecule has 0 radical (unpaired) electrons. The highest BCUT2D eigenvalue weighted by molar-refractivity contribution is 5.43. The van der Waals surface area contributed by atoms with Gasteiger partial charge in [0.25, 0.3) is 0 Å². The molecule has 0 aliphatic carbocycles. The van der Waals surface area contributed by atoms with Crippen molar-refractivity contribution in [3.8, 4) is 11.8 Å². The van der Waals surface area contributed by atoms with Crippen LogP contribution in [0.2, 0.25) is 0 Å². The monoisotopic (exact) mass is 304 g/mol. The first-order valence-corrected chi connectivity index (χ1v) is 6.62. The summed E-state index contributed by atoms with van der Waals surface area (Å²) in [6.45, 7) is 1.83. The highest BCUT2D eigenvalue weighted by atomic mass is 19.4. The Labute approximate surface area is 125 Å². The molecular formula is C16H11F3N2O. The molecule has 0 spiro atoms. The Balaban J connectivity index is 1.92. The summed E-state index contributed by atoms with van der Waals surface area (Å²) in [4.78, 5) is 4.18. The number of aromatic nitrogens is 1. The van der Waals surface area contributed by atoms with Crippen LogP contribution in [0.15, 0.2) is 30.3 Å². The molecule has 1 atom stereocenters. The molecule has 0 fully saturated rings. The molecule has 2 heterocycles. The maximum atomic E-state index is 12.7. The lowest BCUT2D eigenvalue weighted by Crippen LogP contribution is -2.07. The van der Waals surface area contributed by atoms with Crippen LogP contribution in [-0.4, -0.2) is 4.98 Å². The van der Waals surface area contributed by atoms with Gasteiger partial charge in [-0.05, 0) is 48.4 Å². The zero-order valence-corrected chi connectivity index (χ0v) is 11.6. The van der Waals surface area contributed by atoms with Crippen LogP contribution >= 0.6 is 0 Å². The van der Waals surface area contributed by atoms with Crippen LogP contribution in [-0.2, 0) is 12.6 Å². The highest BCUT2D eigenvalue weighted by Crippen LogP contribution is 2.40. The van der Waals surface area contributed by atoms with E-state index < -0.39 is 17.8 Å². The third-order valence-electron chi connectivity index (χ3n) is 3.50. The van der Waals surface area contributed by atoms with Gasteiger partial charge in [0.05, 0.1) is 11.3 Å². The van der Waals surface area contributed by atoms with E-state index in [1.54, 1.807) is 12.1 Å². The third-order valence-corrected chi connectivity index (χ3v) is 3.50. The van der Waals surface area contributed by atoms with E-state index in [0.717, 1.165) is 17.7 Å². The van der Waals surface area contributed by atoms with Crippen molar-refractivity contribution >= 4 is 0 Å². The molecule has 1 aromatic carbocycles. The summed E-state index contributed by atoms with van der Waals surface area (Å²) in [6, 6.07) is 8.84. The number of ether oxygens (including phenoxy) is 1. The summed E-state index contributed by atoms with van der Waals surface area (Å²) in [5.41, 5.74) is 1.50. The molecule has 6 heteroatoms. The normalized spacial score (nSPS) is 16.8. The molecule has 1 aliphatic heterocycles. The van der Waals surface area contributed by atoms with Crippen molar-refractivity contribution < 1.29 is 17.9 Å². The van der Waals surface area contributed by atoms with Crippen molar-refractivity contribution in [3.63, 3.8) is 0 Å². The van der Waals surface area contributed by atoms with Crippen LogP contribution in [0, 0.1) is 18.3 Å². The Kier molecular flexibility index (Phi) is 3.28. The highest BCUT2D eigenvalue weighted by Gasteiger charge is 2.33. The molecule has 112 valence electrons. The van der Waals surface area contributed by atoms with Gasteiger partial charge in [-0.25, -0.2) is 4.98 Å². The second-order valence-corrected chi connectivity index (χ2v) is 5.20. The van der Waals surface area contributed by atoms with Crippen molar-refractivity contribution in [2.45, 2.75) is 25.6 Å². The fourth-order valence-electron chi connectivity index (χ4n) is 2.51. The fraction of sp³-hybridized carbons (Fsp3) is 0.250. The average Bonchev–Trinajstić information content (AvgIpc) is 2.88. The van der Waals surface area contributed by atoms with Crippen LogP contribution in [0.25, 0.3) is 0 Å². The van der Waals surface area contributed by atoms with Gasteiger partial charge in [0, 0.05) is 6.42 Å². The number of benzene rings is 1. The zero-order chi connectivity index (χ0) is 15.9. The summed E-state index contributed by atoms with van der Waals surface area (Å²) in [7, 11) is 0. The summed E-state index contributed by atoms with van der Waals surface area (Å²) in [5.74, 6) is 0.430. The first-order chi connectivity index (χ1) is 10.4. The summed E-state index contributed by atoms with van der Waals surface area (Å²) >= 11 is 0. The van der Waals surface area contributed by atoms with Gasteiger partial charge in [-0.2, -0.15) is 18.4 Å². The SMILES string of the molecule is Cc1cc(C#N)nc(C2Cc3cc(C(F)(F)F)ccc3O2)c1. The lowest BCUT2D eigenvalue weighted by molar-refractivity contribution is -0.137. The van der Waals surface area contributed by atoms with E-state index in [2.05, 4.69) is 4.98 Å². The third kappa shape index (κ3) is 2.62. The van der Waals surface area contributed by atoms with Crippen LogP contribution in [0.4, 0.5) is 13.2 Å². The van der Waals surface area contributed by atoms with Crippen molar-refractivity contribution in [2.75, 3.05) is 0 Å². The van der Waals surface area contributed by atoms with E-state index in [9.17, 15) is 13.2 Å². The van der Waals surface area contributed by atoms with Gasteiger partial charge in [0.1, 0.15) is 23.6 Å². The minimum Gasteiger partial charge on any atom is -0.483 e. The minimum absolute atomic E-state index is 0.269. The molecule has 0 bridgehead atoms. The van der Waals surface area contributed by atoms with Crippen LogP contribution in [0.1, 0.15) is 34.2 Å². The number of alkyl halides is 3. The molecule has 1 aliphatic rings. The summed E-state index contributed by atoms with van der Waals surface area (Å²) < 4.78 is 43.9. The Hall–Kier alpha value is -2.55. The standard InChI is InChI=1S/C16H11F3N2O/c1-9-4-12(8-20)21-13(5-9)15-7-10-6-11(16(17,18)19)2-3-14(10)22-15/h2-6,15H,7H2,1H3. The zero-order valence-electron chi connectivity index (χ0n) is 11.6. The largest absolute Gasteiger partial charge is 0.483 e. The Bertz CT molecular complexity index is 778. The predicted octanol–water partition coefficient (Wildman–Crippen LogP) is 3.96. The van der Waals surface area contributed by atoms with Crippen molar-refractivity contribution in [1.29, 1.82) is 5.26 Å².